The summed E-state index contributed by atoms with van der Waals surface area (Å²) in [6.07, 6.45) is 36.4. The molecule has 6 aliphatic rings. The van der Waals surface area contributed by atoms with Crippen molar-refractivity contribution in [1.29, 1.82) is 11.1 Å². The van der Waals surface area contributed by atoms with Gasteiger partial charge in [0.2, 0.25) is 17.8 Å². The van der Waals surface area contributed by atoms with Crippen molar-refractivity contribution in [3.8, 4) is 0 Å². The fraction of sp³-hybridized carbons (Fsp3) is 0.384. The fourth-order valence-corrected chi connectivity index (χ4v) is 23.9. The van der Waals surface area contributed by atoms with Crippen LogP contribution in [0.5, 0.6) is 0 Å². The van der Waals surface area contributed by atoms with Crippen LogP contribution < -0.4 is 59.4 Å². The third-order valence-corrected chi connectivity index (χ3v) is 32.7. The minimum atomic E-state index is -1.13. The number of pyridine rings is 1. The maximum Gasteiger partial charge on any atom is 1.00 e. The molecule has 0 unspecified atom stereocenters. The van der Waals surface area contributed by atoms with Crippen LogP contribution in [0.1, 0.15) is 139 Å². The van der Waals surface area contributed by atoms with Crippen LogP contribution in [-0.2, 0) is 53.9 Å². The Bertz CT molecular complexity index is 6190. The zero-order valence-corrected chi connectivity index (χ0v) is 85.2. The van der Waals surface area contributed by atoms with Crippen molar-refractivity contribution < 1.29 is 38.0 Å². The van der Waals surface area contributed by atoms with Gasteiger partial charge in [-0.05, 0) is 298 Å². The Morgan fingerprint density at radius 3 is 1.11 bits per heavy atom. The Labute approximate surface area is 840 Å². The summed E-state index contributed by atoms with van der Waals surface area (Å²) in [6.45, 7) is 17.7. The van der Waals surface area contributed by atoms with E-state index in [0.29, 0.717) is 4.90 Å². The molecule has 12 aromatic rings. The SMILES string of the molecule is C.CC(C)(C)[S@@](=O)N[C@@H]1c2ccccc2CC12CCN(c1ncc([S-])c3nccn13)CC2.CSc1ccccc1Sc1cnc(N2CCC3(CC2)Cc2ccccc2[C@H]3N)n2ccnc12.CSc1ccccc1Sc1cnc(N2CCC3(CC2)Cc2ccccc2[C@H]3N[S@](=O)C(C)(C)C)n2ccnc12.CSc1cnccc1Br.Cl.N=N/N=N/N=N/N=N/N=N/N=N/N=N/N=N/N=N.[Na+]. The second-order valence-corrected chi connectivity index (χ2v) is 43.1. The normalized spacial score (nSPS) is 18.0. The molecule has 3 aliphatic heterocycles. The molecule has 0 amide bonds. The van der Waals surface area contributed by atoms with Gasteiger partial charge in [0.1, 0.15) is 5.65 Å². The molecular formula is C86H103BrClN34NaO2S8. The number of nitrogens with zero attached hydrogens (tertiary/aromatic N) is 29. The number of nitrogens with one attached hydrogen (secondary N) is 4. The Morgan fingerprint density at radius 1 is 0.429 bits per heavy atom. The molecule has 5 aromatic carbocycles. The molecule has 0 radical (unpaired) electrons. The zero-order valence-electron chi connectivity index (χ0n) is 74.2. The molecule has 47 heteroatoms. The van der Waals surface area contributed by atoms with Crippen LogP contribution in [0.2, 0.25) is 0 Å². The van der Waals surface area contributed by atoms with Gasteiger partial charge in [0.15, 0.2) is 11.3 Å². The van der Waals surface area contributed by atoms with Gasteiger partial charge in [-0.25, -0.2) is 47.8 Å². The summed E-state index contributed by atoms with van der Waals surface area (Å²) in [5.41, 5.74) is 30.3. The fourth-order valence-electron chi connectivity index (χ4n) is 17.1. The molecule has 0 bridgehead atoms. The molecule has 10 heterocycles. The number of rotatable bonds is 22. The van der Waals surface area contributed by atoms with Gasteiger partial charge < -0.3 is 33.1 Å². The molecule has 36 nitrogen and oxygen atoms in total. The number of nitrogens with two attached hydrogens (primary N) is 1. The largest absolute Gasteiger partial charge is 1.00 e. The van der Waals surface area contributed by atoms with E-state index < -0.39 is 22.0 Å². The van der Waals surface area contributed by atoms with Crippen LogP contribution in [-0.4, -0.2) is 124 Å². The number of benzene rings is 5. The maximum absolute atomic E-state index is 13.2. The number of imidazole rings is 3. The molecule has 3 aliphatic carbocycles. The van der Waals surface area contributed by atoms with Gasteiger partial charge in [-0.1, -0.05) is 128 Å². The first-order valence-electron chi connectivity index (χ1n) is 41.5. The molecule has 6 N–H and O–H groups in total. The Morgan fingerprint density at radius 2 is 0.752 bits per heavy atom. The van der Waals surface area contributed by atoms with E-state index in [9.17, 15) is 8.42 Å². The van der Waals surface area contributed by atoms with Gasteiger partial charge in [0, 0.05) is 142 Å². The maximum atomic E-state index is 13.2. The molecule has 3 fully saturated rings. The Balaban J connectivity index is 0.000000168. The molecule has 5 atom stereocenters. The second-order valence-electron chi connectivity index (χ2n) is 33.1. The second kappa shape index (κ2) is 48.5. The first kappa shape index (κ1) is 104. The quantitative estimate of drug-likeness (QED) is 0.0138. The van der Waals surface area contributed by atoms with E-state index in [-0.39, 0.29) is 93.3 Å². The van der Waals surface area contributed by atoms with E-state index in [2.05, 4.69) is 286 Å². The van der Waals surface area contributed by atoms with Crippen LogP contribution in [0.25, 0.3) is 16.9 Å². The predicted molar refractivity (Wildman–Crippen MR) is 528 cm³/mol. The number of hydrogen-bond acceptors (Lipinski definition) is 21. The molecular weight excluding hydrogens is 1940 g/mol. The molecule has 3 spiro atoms. The molecule has 133 heavy (non-hydrogen) atoms. The van der Waals surface area contributed by atoms with E-state index in [1.54, 1.807) is 77.4 Å². The topological polar surface area (TPSA) is 443 Å². The van der Waals surface area contributed by atoms with Crippen molar-refractivity contribution in [2.75, 3.05) is 72.7 Å². The van der Waals surface area contributed by atoms with Gasteiger partial charge in [0.25, 0.3) is 0 Å². The summed E-state index contributed by atoms with van der Waals surface area (Å²) in [7, 11) is -2.26. The van der Waals surface area contributed by atoms with Crippen LogP contribution >= 0.6 is 87.1 Å². The summed E-state index contributed by atoms with van der Waals surface area (Å²) >= 11 is 17.4. The van der Waals surface area contributed by atoms with Crippen LogP contribution in [0.3, 0.4) is 0 Å². The van der Waals surface area contributed by atoms with E-state index in [1.807, 2.05) is 108 Å². The van der Waals surface area contributed by atoms with Crippen LogP contribution in [0, 0.1) is 27.3 Å². The van der Waals surface area contributed by atoms with E-state index in [0.717, 1.165) is 146 Å². The van der Waals surface area contributed by atoms with Gasteiger partial charge in [-0.3, -0.25) is 18.2 Å². The average molecular weight is 2040 g/mol. The molecule has 7 aromatic heterocycles. The third-order valence-electron chi connectivity index (χ3n) is 23.6. The molecule has 692 valence electrons. The monoisotopic (exact) mass is 2040 g/mol. The number of thioether (sulfide) groups is 3. The Kier molecular flexibility index (Phi) is 38.1. The predicted octanol–water partition coefficient (Wildman–Crippen LogP) is 19.7. The van der Waals surface area contributed by atoms with Gasteiger partial charge in [0.05, 0.1) is 53.3 Å². The van der Waals surface area contributed by atoms with Crippen molar-refractivity contribution in [3.05, 3.63) is 233 Å². The van der Waals surface area contributed by atoms with Gasteiger partial charge in [-0.2, -0.15) is 11.1 Å². The van der Waals surface area contributed by atoms with E-state index >= 15 is 0 Å². The number of fused-ring (bicyclic) bond motifs is 6. The molecule has 3 saturated heterocycles. The van der Waals surface area contributed by atoms with Crippen molar-refractivity contribution in [1.82, 2.24) is 57.5 Å². The van der Waals surface area contributed by atoms with Crippen molar-refractivity contribution >= 4 is 157 Å². The zero-order chi connectivity index (χ0) is 91.4. The first-order valence-corrected chi connectivity index (χ1v) is 50.3. The van der Waals surface area contributed by atoms with Crippen molar-refractivity contribution in [2.45, 2.75) is 174 Å². The number of hydrogen-bond donors (Lipinski definition) is 5. The summed E-state index contributed by atoms with van der Waals surface area (Å²) < 4.78 is 40.2. The Hall–Kier alpha value is -9.17. The van der Waals surface area contributed by atoms with Crippen molar-refractivity contribution in [2.24, 2.45) is 106 Å². The minimum Gasteiger partial charge on any atom is -0.775 e. The van der Waals surface area contributed by atoms with Crippen molar-refractivity contribution in [3.63, 3.8) is 0 Å². The number of aromatic nitrogens is 10. The summed E-state index contributed by atoms with van der Waals surface area (Å²) in [5.74, 6) is 2.82. The van der Waals surface area contributed by atoms with Crippen LogP contribution in [0.15, 0.2) is 323 Å². The van der Waals surface area contributed by atoms with E-state index in [4.69, 9.17) is 44.4 Å². The average Bonchev–Trinajstić information content (AvgIpc) is 1.60. The smallest absolute Gasteiger partial charge is 0.775 e. The summed E-state index contributed by atoms with van der Waals surface area (Å²) in [6, 6.07) is 45.3. The molecule has 0 saturated carbocycles. The van der Waals surface area contributed by atoms with Gasteiger partial charge >= 0.3 is 29.6 Å². The standard InChI is InChI=1S/C30H35N5OS3.C26H27N5S2.C23H29N5OS2.C6H6BrNS.CH4.ClH.H2N18.Na/c1-29(2,3)39(36)33-26-22-10-6-5-9-21(22)19-30(26)13-16-34(17-14-30)28-32-20-25(27-31-15-18-35(27)28)38-24-12-8-7-11-23(24)37-4;1-32-20-8-4-5-9-21(20)33-22-17-29-25(31-15-12-28-24(22)31)30-13-10-26(11-14-30)16-18-6-2-3-7-19(18)23(26)27;1-22(2,3)31(29)26-19-17-7-5-4-6-16(17)14-23(19)8-11-27(12-9-23)21-25-15-18(30)20-24-10-13-28(20)21;1-9-6-4-8-3-2-5(6)7;;;1-3-5-7-9-11-13-15-17-18-16-14-12-10-8-6-4-2;/h5-12,15,18,20,26,33H,13-14,16-17,19H2,1-4H3;2-9,12,15,17,23H,10-11,13-14,16,27H2,1H3;4-7,10,13,15,19,26,30H,8-9,11-12,14H2,1-3H3;2-4H,1H3;1H4;1H;1-2H;/q;;;;;;;+1/p-1/b;;;;;;3-1?,4-2?,7-5+,8-6+,11-9+,12-10+,15-13+,16-14+,18-17+;/t26-,39-;23-;19-,31-;;;;;/m111...../s1. The van der Waals surface area contributed by atoms with Gasteiger partial charge in [-0.15, -0.1) is 52.6 Å². The summed E-state index contributed by atoms with van der Waals surface area (Å²) in [5, 5.41) is 45.6. The minimum absolute atomic E-state index is 0. The van der Waals surface area contributed by atoms with E-state index in [1.165, 1.54) is 57.9 Å². The summed E-state index contributed by atoms with van der Waals surface area (Å²) in [4.78, 5) is 48.4. The molecule has 18 rings (SSSR count). The number of anilines is 3. The number of halogens is 2. The number of piperidine rings is 3. The van der Waals surface area contributed by atoms with Crippen LogP contribution in [0.4, 0.5) is 17.8 Å². The third kappa shape index (κ3) is 25.0. The first-order chi connectivity index (χ1) is 63.0.